The Hall–Kier alpha value is -3.39. The van der Waals surface area contributed by atoms with Crippen LogP contribution in [0.3, 0.4) is 0 Å². The third kappa shape index (κ3) is 3.73. The number of para-hydroxylation sites is 1. The van der Waals surface area contributed by atoms with E-state index in [4.69, 9.17) is 14.2 Å². The number of Topliss-reactive ketones (excluding diaryl/α,β-unsaturated/α-hetero) is 1. The number of hydrogen-bond acceptors (Lipinski definition) is 7. The molecule has 0 fully saturated rings. The first-order valence-corrected chi connectivity index (χ1v) is 9.40. The van der Waals surface area contributed by atoms with Crippen LogP contribution in [0.25, 0.3) is 0 Å². The predicted molar refractivity (Wildman–Crippen MR) is 108 cm³/mol. The minimum absolute atomic E-state index is 0.171. The molecule has 0 radical (unpaired) electrons. The molecule has 0 bridgehead atoms. The highest BCUT2D eigenvalue weighted by Gasteiger charge is 2.51. The van der Waals surface area contributed by atoms with Crippen molar-refractivity contribution in [2.45, 2.75) is 18.9 Å². The monoisotopic (exact) mass is 413 g/mol. The lowest BCUT2D eigenvalue weighted by atomic mass is 9.88. The van der Waals surface area contributed by atoms with Crippen LogP contribution in [-0.2, 0) is 19.9 Å². The Morgan fingerprint density at radius 1 is 1.07 bits per heavy atom. The molecule has 0 unspecified atom stereocenters. The number of methoxy groups -OCH3 is 2. The summed E-state index contributed by atoms with van der Waals surface area (Å²) in [5.74, 6) is -0.991. The zero-order valence-corrected chi connectivity index (χ0v) is 17.0. The predicted octanol–water partition coefficient (Wildman–Crippen LogP) is 2.07. The van der Waals surface area contributed by atoms with Gasteiger partial charge in [-0.2, -0.15) is 0 Å². The number of fused-ring (bicyclic) bond motifs is 1. The first-order valence-electron chi connectivity index (χ1n) is 9.40. The summed E-state index contributed by atoms with van der Waals surface area (Å²) in [4.78, 5) is 39.1. The Morgan fingerprint density at radius 2 is 1.77 bits per heavy atom. The van der Waals surface area contributed by atoms with E-state index in [0.29, 0.717) is 17.2 Å². The fraction of sp³-hybridized carbons (Fsp3) is 0.318. The van der Waals surface area contributed by atoms with E-state index in [2.05, 4.69) is 0 Å². The summed E-state index contributed by atoms with van der Waals surface area (Å²) in [5.41, 5.74) is -1.19. The van der Waals surface area contributed by atoms with E-state index in [1.807, 2.05) is 0 Å². The summed E-state index contributed by atoms with van der Waals surface area (Å²) >= 11 is 0. The van der Waals surface area contributed by atoms with Crippen molar-refractivity contribution in [3.05, 3.63) is 53.6 Å². The van der Waals surface area contributed by atoms with Crippen molar-refractivity contribution in [3.63, 3.8) is 0 Å². The lowest BCUT2D eigenvalue weighted by Gasteiger charge is -2.22. The van der Waals surface area contributed by atoms with Gasteiger partial charge in [0.2, 0.25) is 0 Å². The molecule has 1 heterocycles. The van der Waals surface area contributed by atoms with Crippen molar-refractivity contribution in [2.24, 2.45) is 0 Å². The van der Waals surface area contributed by atoms with Gasteiger partial charge in [0.25, 0.3) is 5.91 Å². The van der Waals surface area contributed by atoms with Crippen LogP contribution in [0.5, 0.6) is 11.5 Å². The molecule has 0 aliphatic carbocycles. The molecule has 1 aliphatic rings. The fourth-order valence-corrected chi connectivity index (χ4v) is 3.51. The average Bonchev–Trinajstić information content (AvgIpc) is 2.95. The second kappa shape index (κ2) is 8.54. The Kier molecular flexibility index (Phi) is 6.07. The Morgan fingerprint density at radius 3 is 2.43 bits per heavy atom. The van der Waals surface area contributed by atoms with Crippen LogP contribution < -0.4 is 14.4 Å². The molecule has 0 spiro atoms. The third-order valence-electron chi connectivity index (χ3n) is 4.95. The highest BCUT2D eigenvalue weighted by atomic mass is 16.5. The molecule has 3 rings (SSSR count). The number of ether oxygens (including phenoxy) is 3. The number of ketones is 1. The van der Waals surface area contributed by atoms with Gasteiger partial charge in [-0.25, -0.2) is 0 Å². The molecule has 1 N–H and O–H groups in total. The van der Waals surface area contributed by atoms with Gasteiger partial charge in [-0.1, -0.05) is 18.2 Å². The molecule has 8 nitrogen and oxygen atoms in total. The lowest BCUT2D eigenvalue weighted by molar-refractivity contribution is -0.144. The standard InChI is InChI=1S/C22H23NO7/c1-4-30-20(25)13-23-16-8-6-5-7-15(16)22(27,21(23)26)12-17(24)14-9-10-18(28-2)19(11-14)29-3/h5-11,27H,4,12-13H2,1-3H3/t22-/m0/s1. The maximum Gasteiger partial charge on any atom is 0.326 e. The Balaban J connectivity index is 1.92. The molecule has 0 saturated carbocycles. The molecule has 0 saturated heterocycles. The molecule has 0 aromatic heterocycles. The van der Waals surface area contributed by atoms with Gasteiger partial charge in [0, 0.05) is 11.1 Å². The molecular weight excluding hydrogens is 390 g/mol. The van der Waals surface area contributed by atoms with Crippen LogP contribution in [-0.4, -0.2) is 50.1 Å². The summed E-state index contributed by atoms with van der Waals surface area (Å²) in [6.45, 7) is 1.48. The van der Waals surface area contributed by atoms with E-state index in [-0.39, 0.29) is 24.3 Å². The van der Waals surface area contributed by atoms with E-state index in [1.54, 1.807) is 37.3 Å². The number of rotatable bonds is 8. The number of anilines is 1. The SMILES string of the molecule is CCOC(=O)CN1C(=O)[C@](O)(CC(=O)c2ccc(OC)c(OC)c2)c2ccccc21. The number of amides is 1. The summed E-state index contributed by atoms with van der Waals surface area (Å²) in [6.07, 6.45) is -0.488. The number of aliphatic hydroxyl groups is 1. The van der Waals surface area contributed by atoms with E-state index < -0.39 is 29.7 Å². The van der Waals surface area contributed by atoms with Crippen LogP contribution in [0.1, 0.15) is 29.3 Å². The molecule has 1 atom stereocenters. The van der Waals surface area contributed by atoms with Gasteiger partial charge in [0.1, 0.15) is 6.54 Å². The van der Waals surface area contributed by atoms with E-state index in [0.717, 1.165) is 4.90 Å². The van der Waals surface area contributed by atoms with Crippen LogP contribution >= 0.6 is 0 Å². The molecular formula is C22H23NO7. The molecule has 2 aromatic carbocycles. The second-order valence-electron chi connectivity index (χ2n) is 6.74. The van der Waals surface area contributed by atoms with E-state index in [9.17, 15) is 19.5 Å². The maximum atomic E-state index is 13.1. The van der Waals surface area contributed by atoms with Gasteiger partial charge in [-0.3, -0.25) is 19.3 Å². The number of hydrogen-bond donors (Lipinski definition) is 1. The quantitative estimate of drug-likeness (QED) is 0.522. The van der Waals surface area contributed by atoms with Crippen molar-refractivity contribution >= 4 is 23.3 Å². The molecule has 1 amide bonds. The largest absolute Gasteiger partial charge is 0.493 e. The first kappa shape index (κ1) is 21.3. The van der Waals surface area contributed by atoms with Crippen molar-refractivity contribution in [1.82, 2.24) is 0 Å². The van der Waals surface area contributed by atoms with Gasteiger partial charge >= 0.3 is 5.97 Å². The first-order chi connectivity index (χ1) is 14.3. The number of carbonyl (C=O) groups excluding carboxylic acids is 3. The lowest BCUT2D eigenvalue weighted by Crippen LogP contribution is -2.44. The Bertz CT molecular complexity index is 987. The van der Waals surface area contributed by atoms with Crippen LogP contribution in [0, 0.1) is 0 Å². The fourth-order valence-electron chi connectivity index (χ4n) is 3.51. The maximum absolute atomic E-state index is 13.1. The molecule has 8 heteroatoms. The van der Waals surface area contributed by atoms with Gasteiger partial charge in [-0.05, 0) is 31.2 Å². The summed E-state index contributed by atoms with van der Waals surface area (Å²) in [6, 6.07) is 11.1. The van der Waals surface area contributed by atoms with Gasteiger partial charge < -0.3 is 19.3 Å². The van der Waals surface area contributed by atoms with E-state index in [1.165, 1.54) is 26.4 Å². The zero-order valence-electron chi connectivity index (χ0n) is 17.0. The molecule has 2 aromatic rings. The van der Waals surface area contributed by atoms with Crippen LogP contribution in [0.15, 0.2) is 42.5 Å². The van der Waals surface area contributed by atoms with Gasteiger partial charge in [0.05, 0.1) is 32.9 Å². The van der Waals surface area contributed by atoms with Crippen molar-refractivity contribution < 1.29 is 33.7 Å². The summed E-state index contributed by atoms with van der Waals surface area (Å²) in [5, 5.41) is 11.3. The summed E-state index contributed by atoms with van der Waals surface area (Å²) in [7, 11) is 2.93. The van der Waals surface area contributed by atoms with E-state index >= 15 is 0 Å². The number of carbonyl (C=O) groups is 3. The number of nitrogens with zero attached hydrogens (tertiary/aromatic N) is 1. The van der Waals surface area contributed by atoms with Crippen molar-refractivity contribution in [1.29, 1.82) is 0 Å². The van der Waals surface area contributed by atoms with Crippen molar-refractivity contribution in [3.8, 4) is 11.5 Å². The normalized spacial score (nSPS) is 17.5. The Labute approximate surface area is 174 Å². The topological polar surface area (TPSA) is 102 Å². The van der Waals surface area contributed by atoms with Crippen molar-refractivity contribution in [2.75, 3.05) is 32.3 Å². The van der Waals surface area contributed by atoms with Gasteiger partial charge in [0.15, 0.2) is 22.9 Å². The van der Waals surface area contributed by atoms with Crippen LogP contribution in [0.2, 0.25) is 0 Å². The number of benzene rings is 2. The minimum atomic E-state index is -2.09. The number of esters is 1. The average molecular weight is 413 g/mol. The summed E-state index contributed by atoms with van der Waals surface area (Å²) < 4.78 is 15.3. The molecule has 158 valence electrons. The third-order valence-corrected chi connectivity index (χ3v) is 4.95. The molecule has 30 heavy (non-hydrogen) atoms. The van der Waals surface area contributed by atoms with Gasteiger partial charge in [-0.15, -0.1) is 0 Å². The molecule has 1 aliphatic heterocycles. The zero-order chi connectivity index (χ0) is 21.9. The smallest absolute Gasteiger partial charge is 0.326 e. The van der Waals surface area contributed by atoms with Crippen LogP contribution in [0.4, 0.5) is 5.69 Å². The highest BCUT2D eigenvalue weighted by Crippen LogP contribution is 2.43. The highest BCUT2D eigenvalue weighted by molar-refractivity contribution is 6.12. The minimum Gasteiger partial charge on any atom is -0.493 e. The second-order valence-corrected chi connectivity index (χ2v) is 6.74.